The van der Waals surface area contributed by atoms with Crippen LogP contribution in [0.4, 0.5) is 0 Å². The molecule has 0 radical (unpaired) electrons. The zero-order chi connectivity index (χ0) is 16.9. The van der Waals surface area contributed by atoms with E-state index in [1.54, 1.807) is 0 Å². The standard InChI is InChI=1S/C21H32O3/c1-2-3-4-7-18(22)12-11-15-9-10-17-14-20-16(13-19(15)17)6-5-8-21(20)24-23/h5-6,8,15,17-19,22-23H,2-4,7,9-14H2,1H3/t15?,17?,18-,19?/m0/s1. The molecule has 2 aliphatic carbocycles. The van der Waals surface area contributed by atoms with Gasteiger partial charge in [-0.1, -0.05) is 38.3 Å². The largest absolute Gasteiger partial charge is 0.393 e. The summed E-state index contributed by atoms with van der Waals surface area (Å²) in [5.74, 6) is 2.86. The molecular weight excluding hydrogens is 300 g/mol. The maximum Gasteiger partial charge on any atom is 0.168 e. The molecule has 3 rings (SSSR count). The van der Waals surface area contributed by atoms with Crippen LogP contribution in [0.25, 0.3) is 0 Å². The summed E-state index contributed by atoms with van der Waals surface area (Å²) >= 11 is 0. The third-order valence-electron chi connectivity index (χ3n) is 6.38. The van der Waals surface area contributed by atoms with Crippen LogP contribution in [0.2, 0.25) is 0 Å². The van der Waals surface area contributed by atoms with E-state index in [0.29, 0.717) is 5.75 Å². The molecule has 4 atom stereocenters. The normalized spacial score (nSPS) is 26.7. The Bertz CT molecular complexity index is 528. The highest BCUT2D eigenvalue weighted by Crippen LogP contribution is 2.48. The third kappa shape index (κ3) is 3.94. The average molecular weight is 332 g/mol. The molecule has 0 spiro atoms. The van der Waals surface area contributed by atoms with E-state index >= 15 is 0 Å². The van der Waals surface area contributed by atoms with Crippen LogP contribution in [-0.4, -0.2) is 16.5 Å². The Morgan fingerprint density at radius 3 is 2.83 bits per heavy atom. The highest BCUT2D eigenvalue weighted by atomic mass is 17.1. The predicted molar refractivity (Wildman–Crippen MR) is 96.2 cm³/mol. The first kappa shape index (κ1) is 17.8. The number of aliphatic hydroxyl groups excluding tert-OH is 1. The van der Waals surface area contributed by atoms with E-state index in [2.05, 4.69) is 17.9 Å². The molecule has 0 saturated heterocycles. The van der Waals surface area contributed by atoms with Crippen LogP contribution in [0.5, 0.6) is 5.75 Å². The van der Waals surface area contributed by atoms with Gasteiger partial charge in [-0.15, -0.1) is 0 Å². The second-order valence-corrected chi connectivity index (χ2v) is 7.88. The monoisotopic (exact) mass is 332 g/mol. The summed E-state index contributed by atoms with van der Waals surface area (Å²) in [4.78, 5) is 4.58. The lowest BCUT2D eigenvalue weighted by Gasteiger charge is -2.32. The summed E-state index contributed by atoms with van der Waals surface area (Å²) in [6.45, 7) is 2.21. The molecule has 0 heterocycles. The number of hydrogen-bond acceptors (Lipinski definition) is 3. The van der Waals surface area contributed by atoms with Crippen molar-refractivity contribution >= 4 is 0 Å². The minimum absolute atomic E-state index is 0.110. The second kappa shape index (κ2) is 8.35. The molecule has 1 fully saturated rings. The molecule has 1 aromatic rings. The van der Waals surface area contributed by atoms with Crippen molar-refractivity contribution in [2.45, 2.75) is 77.2 Å². The Morgan fingerprint density at radius 2 is 2.04 bits per heavy atom. The zero-order valence-corrected chi connectivity index (χ0v) is 14.9. The highest BCUT2D eigenvalue weighted by molar-refractivity contribution is 5.42. The smallest absolute Gasteiger partial charge is 0.168 e. The topological polar surface area (TPSA) is 49.7 Å². The van der Waals surface area contributed by atoms with E-state index in [1.165, 1.54) is 43.2 Å². The van der Waals surface area contributed by atoms with Crippen LogP contribution < -0.4 is 4.89 Å². The maximum absolute atomic E-state index is 10.2. The summed E-state index contributed by atoms with van der Waals surface area (Å²) in [6, 6.07) is 6.02. The molecule has 0 amide bonds. The van der Waals surface area contributed by atoms with Gasteiger partial charge in [0.25, 0.3) is 0 Å². The van der Waals surface area contributed by atoms with Crippen molar-refractivity contribution in [3.05, 3.63) is 29.3 Å². The SMILES string of the molecule is CCCCC[C@H](O)CCC1CCC2Cc3c(cccc3OO)CC12. The van der Waals surface area contributed by atoms with Crippen LogP contribution in [0, 0.1) is 17.8 Å². The van der Waals surface area contributed by atoms with Crippen LogP contribution in [-0.2, 0) is 12.8 Å². The quantitative estimate of drug-likeness (QED) is 0.400. The van der Waals surface area contributed by atoms with Gasteiger partial charge in [-0.3, -0.25) is 0 Å². The number of hydrogen-bond donors (Lipinski definition) is 2. The predicted octanol–water partition coefficient (Wildman–Crippen LogP) is 5.00. The van der Waals surface area contributed by atoms with Crippen LogP contribution >= 0.6 is 0 Å². The Kier molecular flexibility index (Phi) is 6.18. The van der Waals surface area contributed by atoms with E-state index in [9.17, 15) is 5.11 Å². The summed E-state index contributed by atoms with van der Waals surface area (Å²) < 4.78 is 0. The van der Waals surface area contributed by atoms with E-state index < -0.39 is 0 Å². The van der Waals surface area contributed by atoms with Crippen molar-refractivity contribution in [1.82, 2.24) is 0 Å². The maximum atomic E-state index is 10.2. The van der Waals surface area contributed by atoms with Crippen molar-refractivity contribution in [1.29, 1.82) is 0 Å². The number of benzene rings is 1. The van der Waals surface area contributed by atoms with E-state index in [0.717, 1.165) is 49.9 Å². The number of aliphatic hydroxyl groups is 1. The van der Waals surface area contributed by atoms with Crippen molar-refractivity contribution in [2.24, 2.45) is 17.8 Å². The molecule has 3 unspecified atom stereocenters. The molecule has 134 valence electrons. The molecule has 0 aliphatic heterocycles. The minimum atomic E-state index is -0.110. The summed E-state index contributed by atoms with van der Waals surface area (Å²) in [5, 5.41) is 19.3. The van der Waals surface area contributed by atoms with Crippen LogP contribution in [0.15, 0.2) is 18.2 Å². The van der Waals surface area contributed by atoms with Gasteiger partial charge in [-0.05, 0) is 74.3 Å². The first-order valence-electron chi connectivity index (χ1n) is 9.83. The van der Waals surface area contributed by atoms with Gasteiger partial charge in [0, 0.05) is 5.56 Å². The van der Waals surface area contributed by atoms with Crippen molar-refractivity contribution in [3.8, 4) is 5.75 Å². The number of rotatable bonds is 8. The fourth-order valence-corrected chi connectivity index (χ4v) is 5.00. The van der Waals surface area contributed by atoms with E-state index in [-0.39, 0.29) is 6.10 Å². The molecule has 0 aromatic heterocycles. The highest BCUT2D eigenvalue weighted by Gasteiger charge is 2.39. The molecule has 1 aromatic carbocycles. The lowest BCUT2D eigenvalue weighted by Crippen LogP contribution is -2.26. The Morgan fingerprint density at radius 1 is 1.17 bits per heavy atom. The summed E-state index contributed by atoms with van der Waals surface area (Å²) in [7, 11) is 0. The molecule has 2 aliphatic rings. The van der Waals surface area contributed by atoms with Gasteiger partial charge in [0.15, 0.2) is 5.75 Å². The Hall–Kier alpha value is -1.06. The Labute approximate surface area is 146 Å². The number of fused-ring (bicyclic) bond motifs is 2. The molecule has 1 saturated carbocycles. The lowest BCUT2D eigenvalue weighted by molar-refractivity contribution is -0.138. The van der Waals surface area contributed by atoms with Gasteiger partial charge >= 0.3 is 0 Å². The number of unbranched alkanes of at least 4 members (excludes halogenated alkanes) is 2. The molecule has 3 nitrogen and oxygen atoms in total. The van der Waals surface area contributed by atoms with Crippen molar-refractivity contribution in [2.75, 3.05) is 0 Å². The summed E-state index contributed by atoms with van der Waals surface area (Å²) in [6.07, 6.45) is 11.3. The minimum Gasteiger partial charge on any atom is -0.393 e. The average Bonchev–Trinajstić information content (AvgIpc) is 2.99. The van der Waals surface area contributed by atoms with Crippen LogP contribution in [0.3, 0.4) is 0 Å². The van der Waals surface area contributed by atoms with E-state index in [4.69, 9.17) is 5.26 Å². The van der Waals surface area contributed by atoms with Crippen molar-refractivity contribution in [3.63, 3.8) is 0 Å². The van der Waals surface area contributed by atoms with Crippen molar-refractivity contribution < 1.29 is 15.3 Å². The molecule has 3 heteroatoms. The third-order valence-corrected chi connectivity index (χ3v) is 6.38. The summed E-state index contributed by atoms with van der Waals surface area (Å²) in [5.41, 5.74) is 2.56. The molecule has 2 N–H and O–H groups in total. The van der Waals surface area contributed by atoms with Gasteiger partial charge in [0.2, 0.25) is 0 Å². The first-order valence-corrected chi connectivity index (χ1v) is 9.83. The second-order valence-electron chi connectivity index (χ2n) is 7.88. The van der Waals surface area contributed by atoms with Gasteiger partial charge in [-0.2, -0.15) is 0 Å². The molecular formula is C21H32O3. The van der Waals surface area contributed by atoms with Gasteiger partial charge in [-0.25, -0.2) is 5.26 Å². The zero-order valence-electron chi connectivity index (χ0n) is 14.9. The van der Waals surface area contributed by atoms with Gasteiger partial charge < -0.3 is 9.99 Å². The van der Waals surface area contributed by atoms with Gasteiger partial charge in [0.05, 0.1) is 6.10 Å². The molecule has 0 bridgehead atoms. The Balaban J connectivity index is 1.56. The fourth-order valence-electron chi connectivity index (χ4n) is 5.00. The van der Waals surface area contributed by atoms with Gasteiger partial charge in [0.1, 0.15) is 0 Å². The lowest BCUT2D eigenvalue weighted by atomic mass is 9.73. The first-order chi connectivity index (χ1) is 11.7. The van der Waals surface area contributed by atoms with Crippen LogP contribution in [0.1, 0.15) is 69.4 Å². The molecule has 24 heavy (non-hydrogen) atoms. The fraction of sp³-hybridized carbons (Fsp3) is 0.714. The van der Waals surface area contributed by atoms with E-state index in [1.807, 2.05) is 12.1 Å².